The number of nitrogens with one attached hydrogen (secondary N) is 1. The number of nitrogens with two attached hydrogens (primary N) is 1. The molecule has 0 spiro atoms. The molecule has 0 aliphatic heterocycles. The summed E-state index contributed by atoms with van der Waals surface area (Å²) in [5, 5.41) is 6.16. The first-order valence-electron chi connectivity index (χ1n) is 9.11. The summed E-state index contributed by atoms with van der Waals surface area (Å²) in [4.78, 5) is 23.3. The molecule has 3 heterocycles. The molecule has 1 aromatic carbocycles. The Balaban J connectivity index is 1.56. The summed E-state index contributed by atoms with van der Waals surface area (Å²) in [6, 6.07) is 11.8. The lowest BCUT2D eigenvalue weighted by Gasteiger charge is -2.03. The fourth-order valence-corrected chi connectivity index (χ4v) is 4.96. The van der Waals surface area contributed by atoms with Gasteiger partial charge in [-0.3, -0.25) is 10.1 Å². The van der Waals surface area contributed by atoms with Gasteiger partial charge in [0.1, 0.15) is 9.71 Å². The lowest BCUT2D eigenvalue weighted by atomic mass is 10.1. The molecule has 0 bridgehead atoms. The molecule has 0 aliphatic rings. The molecule has 4 aromatic rings. The van der Waals surface area contributed by atoms with Gasteiger partial charge in [-0.05, 0) is 36.6 Å². The van der Waals surface area contributed by atoms with Crippen molar-refractivity contribution in [2.45, 2.75) is 20.3 Å². The zero-order valence-corrected chi connectivity index (χ0v) is 19.1. The van der Waals surface area contributed by atoms with Crippen molar-refractivity contribution in [3.63, 3.8) is 0 Å². The van der Waals surface area contributed by atoms with Crippen LogP contribution < -0.4 is 11.1 Å². The third kappa shape index (κ3) is 4.34. The number of rotatable bonds is 5. The number of fused-ring (bicyclic) bond motifs is 1. The SMILES string of the molecule is CC(C)Cc1ccc2c(N)c(C(=O)Nc3nc(-c4ccc(Br)cc4)cs3)sc2n1. The summed E-state index contributed by atoms with van der Waals surface area (Å²) in [6.07, 6.45) is 0.896. The molecule has 0 fully saturated rings. The van der Waals surface area contributed by atoms with Crippen LogP contribution in [0.3, 0.4) is 0 Å². The molecule has 1 amide bonds. The summed E-state index contributed by atoms with van der Waals surface area (Å²) >= 11 is 6.14. The summed E-state index contributed by atoms with van der Waals surface area (Å²) in [6.45, 7) is 4.31. The Morgan fingerprint density at radius 2 is 1.93 bits per heavy atom. The number of nitrogen functional groups attached to an aromatic ring is 1. The van der Waals surface area contributed by atoms with Crippen molar-refractivity contribution in [2.24, 2.45) is 5.92 Å². The second-order valence-electron chi connectivity index (χ2n) is 7.10. The van der Waals surface area contributed by atoms with Crippen LogP contribution >= 0.6 is 38.6 Å². The minimum Gasteiger partial charge on any atom is -0.397 e. The molecule has 3 N–H and O–H groups in total. The fourth-order valence-electron chi connectivity index (χ4n) is 2.97. The number of carbonyl (C=O) groups is 1. The zero-order chi connectivity index (χ0) is 20.5. The molecular weight excluding hydrogens is 468 g/mol. The van der Waals surface area contributed by atoms with Gasteiger partial charge in [-0.25, -0.2) is 9.97 Å². The number of hydrogen-bond acceptors (Lipinski definition) is 6. The minimum absolute atomic E-state index is 0.257. The third-order valence-electron chi connectivity index (χ3n) is 4.34. The van der Waals surface area contributed by atoms with Crippen LogP contribution in [0.4, 0.5) is 10.8 Å². The maximum atomic E-state index is 12.8. The smallest absolute Gasteiger partial charge is 0.269 e. The van der Waals surface area contributed by atoms with Crippen molar-refractivity contribution in [3.05, 3.63) is 56.8 Å². The molecule has 29 heavy (non-hydrogen) atoms. The Morgan fingerprint density at radius 3 is 2.66 bits per heavy atom. The maximum Gasteiger partial charge on any atom is 0.269 e. The highest BCUT2D eigenvalue weighted by molar-refractivity contribution is 9.10. The first-order valence-corrected chi connectivity index (χ1v) is 11.6. The van der Waals surface area contributed by atoms with Crippen LogP contribution in [-0.2, 0) is 6.42 Å². The van der Waals surface area contributed by atoms with E-state index >= 15 is 0 Å². The van der Waals surface area contributed by atoms with Crippen LogP contribution in [0.2, 0.25) is 0 Å². The fraction of sp³-hybridized carbons (Fsp3) is 0.190. The highest BCUT2D eigenvalue weighted by Crippen LogP contribution is 2.34. The second-order valence-corrected chi connectivity index (χ2v) is 9.87. The van der Waals surface area contributed by atoms with Crippen molar-refractivity contribution in [2.75, 3.05) is 11.1 Å². The molecule has 8 heteroatoms. The molecule has 0 atom stereocenters. The molecule has 0 aliphatic carbocycles. The van der Waals surface area contributed by atoms with Crippen LogP contribution in [0.25, 0.3) is 21.5 Å². The van der Waals surface area contributed by atoms with Gasteiger partial charge in [-0.2, -0.15) is 0 Å². The monoisotopic (exact) mass is 486 g/mol. The van der Waals surface area contributed by atoms with E-state index in [2.05, 4.69) is 45.1 Å². The van der Waals surface area contributed by atoms with Crippen LogP contribution in [0.5, 0.6) is 0 Å². The van der Waals surface area contributed by atoms with Gasteiger partial charge in [0.2, 0.25) is 0 Å². The van der Waals surface area contributed by atoms with Crippen LogP contribution in [0.15, 0.2) is 46.3 Å². The van der Waals surface area contributed by atoms with Crippen molar-refractivity contribution in [1.82, 2.24) is 9.97 Å². The summed E-state index contributed by atoms with van der Waals surface area (Å²) in [5.74, 6) is 0.262. The number of thiophene rings is 1. The topological polar surface area (TPSA) is 80.9 Å². The van der Waals surface area contributed by atoms with Crippen LogP contribution in [-0.4, -0.2) is 15.9 Å². The van der Waals surface area contributed by atoms with Gasteiger partial charge >= 0.3 is 0 Å². The quantitative estimate of drug-likeness (QED) is 0.351. The number of hydrogen-bond donors (Lipinski definition) is 2. The Hall–Kier alpha value is -2.29. The van der Waals surface area contributed by atoms with E-state index in [0.717, 1.165) is 38.1 Å². The Kier molecular flexibility index (Phi) is 5.67. The van der Waals surface area contributed by atoms with Crippen molar-refractivity contribution < 1.29 is 4.79 Å². The van der Waals surface area contributed by atoms with Crippen molar-refractivity contribution >= 4 is 65.5 Å². The van der Waals surface area contributed by atoms with E-state index in [1.807, 2.05) is 41.8 Å². The highest BCUT2D eigenvalue weighted by Gasteiger charge is 2.19. The number of aromatic nitrogens is 2. The van der Waals surface area contributed by atoms with E-state index in [0.29, 0.717) is 21.6 Å². The average Bonchev–Trinajstić information content (AvgIpc) is 3.26. The van der Waals surface area contributed by atoms with Gasteiger partial charge in [0.25, 0.3) is 5.91 Å². The number of thiazole rings is 1. The number of nitrogens with zero attached hydrogens (tertiary/aromatic N) is 2. The number of carbonyl (C=O) groups excluding carboxylic acids is 1. The largest absolute Gasteiger partial charge is 0.397 e. The van der Waals surface area contributed by atoms with Crippen molar-refractivity contribution in [1.29, 1.82) is 0 Å². The minimum atomic E-state index is -0.257. The highest BCUT2D eigenvalue weighted by atomic mass is 79.9. The second kappa shape index (κ2) is 8.22. The molecule has 3 aromatic heterocycles. The van der Waals surface area contributed by atoms with E-state index in [-0.39, 0.29) is 5.91 Å². The molecule has 0 unspecified atom stereocenters. The van der Waals surface area contributed by atoms with E-state index < -0.39 is 0 Å². The molecule has 0 saturated heterocycles. The van der Waals surface area contributed by atoms with Crippen molar-refractivity contribution in [3.8, 4) is 11.3 Å². The normalized spacial score (nSPS) is 11.3. The van der Waals surface area contributed by atoms with Gasteiger partial charge in [-0.1, -0.05) is 41.9 Å². The van der Waals surface area contributed by atoms with Crippen LogP contribution in [0.1, 0.15) is 29.2 Å². The lowest BCUT2D eigenvalue weighted by Crippen LogP contribution is -2.11. The van der Waals surface area contributed by atoms with E-state index in [1.165, 1.54) is 22.7 Å². The molecular formula is C21H19BrN4OS2. The molecule has 0 radical (unpaired) electrons. The summed E-state index contributed by atoms with van der Waals surface area (Å²) in [5.41, 5.74) is 9.54. The van der Waals surface area contributed by atoms with Gasteiger partial charge in [0.05, 0.1) is 11.4 Å². The summed E-state index contributed by atoms with van der Waals surface area (Å²) in [7, 11) is 0. The number of pyridine rings is 1. The third-order valence-corrected chi connectivity index (χ3v) is 6.74. The lowest BCUT2D eigenvalue weighted by molar-refractivity contribution is 0.103. The zero-order valence-electron chi connectivity index (χ0n) is 15.9. The van der Waals surface area contributed by atoms with E-state index in [4.69, 9.17) is 5.73 Å². The maximum absolute atomic E-state index is 12.8. The Bertz CT molecular complexity index is 1180. The summed E-state index contributed by atoms with van der Waals surface area (Å²) < 4.78 is 1.01. The molecule has 4 rings (SSSR count). The number of anilines is 2. The first kappa shape index (κ1) is 20.0. The van der Waals surface area contributed by atoms with E-state index in [1.54, 1.807) is 0 Å². The first-order chi connectivity index (χ1) is 13.9. The van der Waals surface area contributed by atoms with Gasteiger partial charge < -0.3 is 5.73 Å². The molecule has 148 valence electrons. The van der Waals surface area contributed by atoms with Crippen LogP contribution in [0, 0.1) is 5.92 Å². The Morgan fingerprint density at radius 1 is 1.17 bits per heavy atom. The van der Waals surface area contributed by atoms with Gasteiger partial charge in [-0.15, -0.1) is 22.7 Å². The number of amides is 1. The standard InChI is InChI=1S/C21H19BrN4OS2/c1-11(2)9-14-7-8-15-17(23)18(29-20(15)24-14)19(27)26-21-25-16(10-28-21)12-3-5-13(22)6-4-12/h3-8,10-11H,9,23H2,1-2H3,(H,25,26,27). The number of benzene rings is 1. The predicted molar refractivity (Wildman–Crippen MR) is 126 cm³/mol. The average molecular weight is 487 g/mol. The van der Waals surface area contributed by atoms with Gasteiger partial charge in [0.15, 0.2) is 5.13 Å². The Labute approximate surface area is 185 Å². The predicted octanol–water partition coefficient (Wildman–Crippen LogP) is 6.22. The molecule has 5 nitrogen and oxygen atoms in total. The van der Waals surface area contributed by atoms with E-state index in [9.17, 15) is 4.79 Å². The number of halogens is 1. The van der Waals surface area contributed by atoms with Gasteiger partial charge in [0, 0.05) is 26.5 Å². The molecule has 0 saturated carbocycles.